The molecule has 2 fully saturated rings. The monoisotopic (exact) mass is 394 g/mol. The topological polar surface area (TPSA) is 40.6 Å². The number of likely N-dealkylation sites (tertiary alicyclic amines) is 2. The van der Waals surface area contributed by atoms with E-state index in [1.54, 1.807) is 12.1 Å². The zero-order chi connectivity index (χ0) is 18.3. The van der Waals surface area contributed by atoms with Gasteiger partial charge in [-0.2, -0.15) is 0 Å². The highest BCUT2D eigenvalue weighted by Crippen LogP contribution is 2.41. The Hall–Kier alpha value is -1.10. The molecule has 2 unspecified atom stereocenters. The molecular weight excluding hydrogens is 371 g/mol. The molecule has 2 saturated heterocycles. The van der Waals surface area contributed by atoms with Gasteiger partial charge in [0.25, 0.3) is 0 Å². The molecule has 0 bridgehead atoms. The molecule has 2 atom stereocenters. The maximum Gasteiger partial charge on any atom is 0.230 e. The van der Waals surface area contributed by atoms with Gasteiger partial charge >= 0.3 is 0 Å². The van der Waals surface area contributed by atoms with Crippen molar-refractivity contribution in [3.05, 3.63) is 33.3 Å². The summed E-state index contributed by atoms with van der Waals surface area (Å²) in [6.07, 6.45) is 5.98. The van der Waals surface area contributed by atoms with Gasteiger partial charge in [-0.25, -0.2) is 0 Å². The minimum Gasteiger partial charge on any atom is -0.338 e. The van der Waals surface area contributed by atoms with Gasteiger partial charge < -0.3 is 9.80 Å². The van der Waals surface area contributed by atoms with Crippen molar-refractivity contribution in [2.24, 2.45) is 0 Å². The third-order valence-electron chi connectivity index (χ3n) is 6.05. The van der Waals surface area contributed by atoms with Crippen molar-refractivity contribution in [3.8, 4) is 0 Å². The van der Waals surface area contributed by atoms with E-state index in [4.69, 9.17) is 23.2 Å². The minimum absolute atomic E-state index is 0.0704. The van der Waals surface area contributed by atoms with Crippen LogP contribution in [-0.4, -0.2) is 53.7 Å². The lowest BCUT2D eigenvalue weighted by atomic mass is 9.95. The lowest BCUT2D eigenvalue weighted by Gasteiger charge is -2.39. The van der Waals surface area contributed by atoms with E-state index < -0.39 is 5.92 Å². The summed E-state index contributed by atoms with van der Waals surface area (Å²) in [6, 6.07) is 3.76. The second-order valence-electron chi connectivity index (χ2n) is 7.69. The molecule has 1 aromatic carbocycles. The fourth-order valence-electron chi connectivity index (χ4n) is 4.70. The van der Waals surface area contributed by atoms with Crippen LogP contribution in [0.15, 0.2) is 12.1 Å². The molecule has 0 saturated carbocycles. The zero-order valence-corrected chi connectivity index (χ0v) is 16.4. The van der Waals surface area contributed by atoms with Gasteiger partial charge in [0.15, 0.2) is 5.78 Å². The van der Waals surface area contributed by atoms with Crippen LogP contribution in [0.3, 0.4) is 0 Å². The molecule has 1 amide bonds. The number of fused-ring (bicyclic) bond motifs is 1. The predicted molar refractivity (Wildman–Crippen MR) is 103 cm³/mol. The van der Waals surface area contributed by atoms with E-state index in [0.29, 0.717) is 10.6 Å². The van der Waals surface area contributed by atoms with Crippen molar-refractivity contribution >= 4 is 34.9 Å². The van der Waals surface area contributed by atoms with Gasteiger partial charge in [0.1, 0.15) is 0 Å². The summed E-state index contributed by atoms with van der Waals surface area (Å²) in [5.74, 6) is -0.398. The lowest BCUT2D eigenvalue weighted by Crippen LogP contribution is -2.50. The average Bonchev–Trinajstić information content (AvgIpc) is 3.26. The Labute approximate surface area is 164 Å². The minimum atomic E-state index is -0.411. The number of halogens is 2. The first-order chi connectivity index (χ1) is 12.6. The highest BCUT2D eigenvalue weighted by atomic mass is 35.5. The Balaban J connectivity index is 1.57. The van der Waals surface area contributed by atoms with Gasteiger partial charge in [-0.1, -0.05) is 29.3 Å². The Morgan fingerprint density at radius 2 is 1.81 bits per heavy atom. The summed E-state index contributed by atoms with van der Waals surface area (Å²) in [5, 5.41) is 0.661. The number of carbonyl (C=O) groups excluding carboxylic acids is 2. The van der Waals surface area contributed by atoms with Crippen LogP contribution in [0.25, 0.3) is 0 Å². The van der Waals surface area contributed by atoms with E-state index in [0.717, 1.165) is 44.6 Å². The molecular formula is C20H24Cl2N2O2. The highest BCUT2D eigenvalue weighted by Gasteiger charge is 2.40. The lowest BCUT2D eigenvalue weighted by molar-refractivity contribution is -0.136. The first kappa shape index (κ1) is 18.3. The van der Waals surface area contributed by atoms with Gasteiger partial charge in [-0.05, 0) is 56.8 Å². The molecule has 0 aromatic heterocycles. The molecule has 0 radical (unpaired) electrons. The first-order valence-electron chi connectivity index (χ1n) is 9.60. The molecule has 26 heavy (non-hydrogen) atoms. The number of ketones is 1. The highest BCUT2D eigenvalue weighted by molar-refractivity contribution is 6.44. The van der Waals surface area contributed by atoms with Gasteiger partial charge in [0.2, 0.25) is 5.91 Å². The fourth-order valence-corrected chi connectivity index (χ4v) is 5.14. The van der Waals surface area contributed by atoms with E-state index in [9.17, 15) is 9.59 Å². The largest absolute Gasteiger partial charge is 0.338 e. The Morgan fingerprint density at radius 1 is 1.08 bits per heavy atom. The number of benzene rings is 1. The van der Waals surface area contributed by atoms with Crippen molar-refractivity contribution in [2.75, 3.05) is 26.2 Å². The SMILES string of the molecule is O=C1CC(C(=O)N2CCCCC2CN2CCCC2)c2ccc(Cl)c(Cl)c21. The van der Waals surface area contributed by atoms with Crippen molar-refractivity contribution in [1.29, 1.82) is 0 Å². The Kier molecular flexibility index (Phi) is 5.27. The van der Waals surface area contributed by atoms with Crippen molar-refractivity contribution in [3.63, 3.8) is 0 Å². The van der Waals surface area contributed by atoms with E-state index in [1.807, 2.05) is 4.90 Å². The maximum atomic E-state index is 13.4. The van der Waals surface area contributed by atoms with Gasteiger partial charge in [0, 0.05) is 31.1 Å². The van der Waals surface area contributed by atoms with Crippen molar-refractivity contribution in [1.82, 2.24) is 9.80 Å². The predicted octanol–water partition coefficient (Wildman–Crippen LogP) is 4.14. The third kappa shape index (κ3) is 3.28. The van der Waals surface area contributed by atoms with Crippen molar-refractivity contribution < 1.29 is 9.59 Å². The molecule has 2 heterocycles. The number of amides is 1. The zero-order valence-electron chi connectivity index (χ0n) is 14.8. The molecule has 140 valence electrons. The van der Waals surface area contributed by atoms with Crippen LogP contribution >= 0.6 is 23.2 Å². The molecule has 4 nitrogen and oxygen atoms in total. The van der Waals surface area contributed by atoms with Gasteiger partial charge in [0.05, 0.1) is 16.0 Å². The molecule has 3 aliphatic rings. The van der Waals surface area contributed by atoms with Crippen LogP contribution in [0.1, 0.15) is 60.4 Å². The van der Waals surface area contributed by atoms with Gasteiger partial charge in [-0.3, -0.25) is 9.59 Å². The van der Waals surface area contributed by atoms with Crippen LogP contribution in [0, 0.1) is 0 Å². The summed E-state index contributed by atoms with van der Waals surface area (Å²) in [7, 11) is 0. The molecule has 2 aliphatic heterocycles. The number of Topliss-reactive ketones (excluding diaryl/α,β-unsaturated/α-hetero) is 1. The second-order valence-corrected chi connectivity index (χ2v) is 8.48. The fraction of sp³-hybridized carbons (Fsp3) is 0.600. The first-order valence-corrected chi connectivity index (χ1v) is 10.4. The summed E-state index contributed by atoms with van der Waals surface area (Å²) < 4.78 is 0. The van der Waals surface area contributed by atoms with E-state index in [1.165, 1.54) is 19.3 Å². The normalized spacial score (nSPS) is 26.4. The van der Waals surface area contributed by atoms with Gasteiger partial charge in [-0.15, -0.1) is 0 Å². The van der Waals surface area contributed by atoms with Crippen LogP contribution in [0.2, 0.25) is 10.0 Å². The van der Waals surface area contributed by atoms with Crippen LogP contribution in [0.4, 0.5) is 0 Å². The maximum absolute atomic E-state index is 13.4. The van der Waals surface area contributed by atoms with Crippen LogP contribution in [0.5, 0.6) is 0 Å². The number of hydrogen-bond acceptors (Lipinski definition) is 3. The quantitative estimate of drug-likeness (QED) is 0.773. The van der Waals surface area contributed by atoms with Crippen LogP contribution < -0.4 is 0 Å². The number of piperidine rings is 1. The number of carbonyl (C=O) groups is 2. The standard InChI is InChI=1S/C20H24Cl2N2O2/c21-16-7-6-14-15(11-17(25)18(14)19(16)22)20(26)24-10-2-1-5-13(24)12-23-8-3-4-9-23/h6-7,13,15H,1-5,8-12H2. The van der Waals surface area contributed by atoms with Crippen LogP contribution in [-0.2, 0) is 4.79 Å². The average molecular weight is 395 g/mol. The number of rotatable bonds is 3. The number of hydrogen-bond donors (Lipinski definition) is 0. The molecule has 0 spiro atoms. The second kappa shape index (κ2) is 7.49. The third-order valence-corrected chi connectivity index (χ3v) is 6.85. The summed E-state index contributed by atoms with van der Waals surface area (Å²) in [5.41, 5.74) is 1.20. The summed E-state index contributed by atoms with van der Waals surface area (Å²) in [4.78, 5) is 30.4. The molecule has 1 aromatic rings. The smallest absolute Gasteiger partial charge is 0.230 e. The van der Waals surface area contributed by atoms with E-state index >= 15 is 0 Å². The molecule has 6 heteroatoms. The summed E-state index contributed by atoms with van der Waals surface area (Å²) in [6.45, 7) is 4.02. The summed E-state index contributed by atoms with van der Waals surface area (Å²) >= 11 is 12.3. The van der Waals surface area contributed by atoms with E-state index in [-0.39, 0.29) is 29.2 Å². The number of nitrogens with zero attached hydrogens (tertiary/aromatic N) is 2. The molecule has 4 rings (SSSR count). The van der Waals surface area contributed by atoms with Crippen molar-refractivity contribution in [2.45, 2.75) is 50.5 Å². The molecule has 1 aliphatic carbocycles. The van der Waals surface area contributed by atoms with E-state index in [2.05, 4.69) is 4.90 Å². The molecule has 0 N–H and O–H groups in total. The Bertz CT molecular complexity index is 731. The Morgan fingerprint density at radius 3 is 2.58 bits per heavy atom.